The summed E-state index contributed by atoms with van der Waals surface area (Å²) >= 11 is 1.30. The van der Waals surface area contributed by atoms with Crippen LogP contribution < -0.4 is 4.90 Å². The average molecular weight is 396 g/mol. The number of phenolic OH excluding ortho intramolecular Hbond substituents is 1. The minimum Gasteiger partial charge on any atom is -0.507 e. The summed E-state index contributed by atoms with van der Waals surface area (Å²) in [6.45, 7) is 5.33. The molecule has 1 aromatic heterocycles. The Kier molecular flexibility index (Phi) is 5.75. The van der Waals surface area contributed by atoms with Gasteiger partial charge < -0.3 is 9.84 Å². The summed E-state index contributed by atoms with van der Waals surface area (Å²) in [6.07, 6.45) is 0. The second-order valence-electron chi connectivity index (χ2n) is 6.31. The van der Waals surface area contributed by atoms with Crippen LogP contribution in [0.2, 0.25) is 0 Å². The van der Waals surface area contributed by atoms with Crippen molar-refractivity contribution in [1.82, 2.24) is 4.98 Å². The number of thiazole rings is 1. The molecule has 0 aliphatic heterocycles. The minimum atomic E-state index is -0.633. The maximum absolute atomic E-state index is 12.3. The number of hydrogen-bond donors (Lipinski definition) is 1. The Morgan fingerprint density at radius 3 is 2.43 bits per heavy atom. The number of para-hydroxylation sites is 2. The predicted octanol–water partition coefficient (Wildman–Crippen LogP) is 4.51. The van der Waals surface area contributed by atoms with Crippen molar-refractivity contribution in [3.8, 4) is 5.75 Å². The Morgan fingerprint density at radius 1 is 1.11 bits per heavy atom. The number of aromatic nitrogens is 1. The highest BCUT2D eigenvalue weighted by Crippen LogP contribution is 2.33. The van der Waals surface area contributed by atoms with E-state index >= 15 is 0 Å². The van der Waals surface area contributed by atoms with Crippen molar-refractivity contribution in [2.24, 2.45) is 0 Å². The maximum Gasteiger partial charge on any atom is 0.342 e. The number of aromatic hydroxyl groups is 1. The number of ether oxygens (including phenoxy) is 1. The number of benzene rings is 2. The van der Waals surface area contributed by atoms with Crippen LogP contribution in [0.15, 0.2) is 47.8 Å². The molecule has 7 heteroatoms. The van der Waals surface area contributed by atoms with E-state index in [1.165, 1.54) is 30.4 Å². The zero-order valence-corrected chi connectivity index (χ0v) is 16.6. The van der Waals surface area contributed by atoms with Crippen LogP contribution in [0.3, 0.4) is 0 Å². The van der Waals surface area contributed by atoms with Gasteiger partial charge in [-0.15, -0.1) is 11.3 Å². The SMILES string of the molecule is CC(=O)N(c1nc(COC(=O)c2ccccc2O)cs1)c1c(C)cccc1C. The first-order valence-electron chi connectivity index (χ1n) is 8.65. The van der Waals surface area contributed by atoms with E-state index < -0.39 is 5.97 Å². The van der Waals surface area contributed by atoms with E-state index in [4.69, 9.17) is 4.74 Å². The maximum atomic E-state index is 12.3. The summed E-state index contributed by atoms with van der Waals surface area (Å²) in [5.74, 6) is -0.917. The number of carbonyl (C=O) groups is 2. The van der Waals surface area contributed by atoms with E-state index in [1.807, 2.05) is 32.0 Å². The van der Waals surface area contributed by atoms with E-state index in [0.717, 1.165) is 16.8 Å². The standard InChI is InChI=1S/C21H20N2O4S/c1-13-7-6-8-14(2)19(13)23(15(3)24)21-22-16(12-28-21)11-27-20(26)17-9-4-5-10-18(17)25/h4-10,12,25H,11H2,1-3H3. The number of rotatable bonds is 5. The fourth-order valence-corrected chi connectivity index (χ4v) is 3.73. The second-order valence-corrected chi connectivity index (χ2v) is 7.15. The molecule has 0 radical (unpaired) electrons. The molecule has 0 saturated carbocycles. The normalized spacial score (nSPS) is 10.5. The molecule has 0 spiro atoms. The van der Waals surface area contributed by atoms with Crippen LogP contribution in [0.25, 0.3) is 0 Å². The van der Waals surface area contributed by atoms with E-state index in [-0.39, 0.29) is 23.8 Å². The predicted molar refractivity (Wildman–Crippen MR) is 108 cm³/mol. The fourth-order valence-electron chi connectivity index (χ4n) is 2.87. The summed E-state index contributed by atoms with van der Waals surface area (Å²) in [5, 5.41) is 12.0. The Morgan fingerprint density at radius 2 is 1.79 bits per heavy atom. The number of aryl methyl sites for hydroxylation is 2. The molecule has 6 nitrogen and oxygen atoms in total. The summed E-state index contributed by atoms with van der Waals surface area (Å²) in [5.41, 5.74) is 3.37. The Hall–Kier alpha value is -3.19. The van der Waals surface area contributed by atoms with Crippen molar-refractivity contribution >= 4 is 34.0 Å². The van der Waals surface area contributed by atoms with Crippen LogP contribution in [0.4, 0.5) is 10.8 Å². The first kappa shape index (κ1) is 19.6. The van der Waals surface area contributed by atoms with Gasteiger partial charge in [-0.3, -0.25) is 9.69 Å². The molecule has 0 saturated heterocycles. The van der Waals surface area contributed by atoms with E-state index in [2.05, 4.69) is 4.98 Å². The summed E-state index contributed by atoms with van der Waals surface area (Å²) in [4.78, 5) is 30.5. The first-order chi connectivity index (χ1) is 13.4. The first-order valence-corrected chi connectivity index (χ1v) is 9.53. The highest BCUT2D eigenvalue weighted by atomic mass is 32.1. The highest BCUT2D eigenvalue weighted by Gasteiger charge is 2.22. The zero-order chi connectivity index (χ0) is 20.3. The number of nitrogens with zero attached hydrogens (tertiary/aromatic N) is 2. The largest absolute Gasteiger partial charge is 0.507 e. The number of amides is 1. The topological polar surface area (TPSA) is 79.7 Å². The molecule has 0 aliphatic rings. The van der Waals surface area contributed by atoms with Gasteiger partial charge in [-0.1, -0.05) is 30.3 Å². The van der Waals surface area contributed by atoms with Gasteiger partial charge in [-0.05, 0) is 37.1 Å². The van der Waals surface area contributed by atoms with Gasteiger partial charge in [0.15, 0.2) is 5.13 Å². The van der Waals surface area contributed by atoms with Crippen molar-refractivity contribution in [3.63, 3.8) is 0 Å². The summed E-state index contributed by atoms with van der Waals surface area (Å²) in [7, 11) is 0. The molecule has 1 amide bonds. The molecule has 0 fully saturated rings. The van der Waals surface area contributed by atoms with Gasteiger partial charge in [0.05, 0.1) is 11.4 Å². The Bertz CT molecular complexity index is 1010. The van der Waals surface area contributed by atoms with E-state index in [1.54, 1.807) is 22.4 Å². The van der Waals surface area contributed by atoms with Crippen molar-refractivity contribution in [3.05, 3.63) is 70.2 Å². The fraction of sp³-hybridized carbons (Fsp3) is 0.190. The van der Waals surface area contributed by atoms with Crippen molar-refractivity contribution in [1.29, 1.82) is 0 Å². The third-order valence-corrected chi connectivity index (χ3v) is 5.06. The number of carbonyl (C=O) groups excluding carboxylic acids is 2. The molecule has 1 N–H and O–H groups in total. The molecule has 144 valence electrons. The lowest BCUT2D eigenvalue weighted by molar-refractivity contribution is -0.115. The van der Waals surface area contributed by atoms with Crippen molar-refractivity contribution in [2.75, 3.05) is 4.90 Å². The minimum absolute atomic E-state index is 0.0534. The molecular weight excluding hydrogens is 376 g/mol. The highest BCUT2D eigenvalue weighted by molar-refractivity contribution is 7.14. The lowest BCUT2D eigenvalue weighted by atomic mass is 10.1. The molecule has 1 heterocycles. The van der Waals surface area contributed by atoms with Gasteiger partial charge in [-0.2, -0.15) is 0 Å². The van der Waals surface area contributed by atoms with Crippen LogP contribution in [0, 0.1) is 13.8 Å². The monoisotopic (exact) mass is 396 g/mol. The summed E-state index contributed by atoms with van der Waals surface area (Å²) in [6, 6.07) is 12.0. The smallest absolute Gasteiger partial charge is 0.342 e. The molecule has 0 bridgehead atoms. The molecule has 0 atom stereocenters. The molecule has 3 rings (SSSR count). The number of anilines is 2. The van der Waals surface area contributed by atoms with Crippen LogP contribution in [0.1, 0.15) is 34.1 Å². The van der Waals surface area contributed by atoms with Crippen LogP contribution in [-0.2, 0) is 16.1 Å². The van der Waals surface area contributed by atoms with Gasteiger partial charge in [0.1, 0.15) is 17.9 Å². The lowest BCUT2D eigenvalue weighted by Crippen LogP contribution is -2.24. The Balaban J connectivity index is 1.79. The quantitative estimate of drug-likeness (QED) is 0.642. The average Bonchev–Trinajstić information content (AvgIpc) is 3.11. The van der Waals surface area contributed by atoms with Gasteiger partial charge in [-0.25, -0.2) is 9.78 Å². The third-order valence-electron chi connectivity index (χ3n) is 4.18. The molecule has 28 heavy (non-hydrogen) atoms. The number of phenols is 1. The Labute approximate surface area is 167 Å². The number of esters is 1. The third kappa shape index (κ3) is 4.04. The van der Waals surface area contributed by atoms with E-state index in [0.29, 0.717) is 10.8 Å². The van der Waals surface area contributed by atoms with Crippen LogP contribution >= 0.6 is 11.3 Å². The molecule has 2 aromatic carbocycles. The number of hydrogen-bond acceptors (Lipinski definition) is 6. The van der Waals surface area contributed by atoms with E-state index in [9.17, 15) is 14.7 Å². The van der Waals surface area contributed by atoms with Gasteiger partial charge >= 0.3 is 5.97 Å². The van der Waals surface area contributed by atoms with Crippen molar-refractivity contribution < 1.29 is 19.4 Å². The van der Waals surface area contributed by atoms with Crippen LogP contribution in [0.5, 0.6) is 5.75 Å². The van der Waals surface area contributed by atoms with Gasteiger partial charge in [0, 0.05) is 12.3 Å². The molecular formula is C21H20N2O4S. The summed E-state index contributed by atoms with van der Waals surface area (Å²) < 4.78 is 5.24. The van der Waals surface area contributed by atoms with Crippen LogP contribution in [-0.4, -0.2) is 22.0 Å². The molecule has 3 aromatic rings. The lowest BCUT2D eigenvalue weighted by Gasteiger charge is -2.22. The van der Waals surface area contributed by atoms with Gasteiger partial charge in [0.25, 0.3) is 0 Å². The molecule has 0 unspecified atom stereocenters. The second kappa shape index (κ2) is 8.22. The zero-order valence-electron chi connectivity index (χ0n) is 15.8. The van der Waals surface area contributed by atoms with Crippen molar-refractivity contribution in [2.45, 2.75) is 27.4 Å². The molecule has 0 aliphatic carbocycles. The van der Waals surface area contributed by atoms with Gasteiger partial charge in [0.2, 0.25) is 5.91 Å².